The second-order valence-electron chi connectivity index (χ2n) is 4.82. The second-order valence-corrected chi connectivity index (χ2v) is 4.82. The van der Waals surface area contributed by atoms with Gasteiger partial charge in [-0.25, -0.2) is 14.6 Å². The van der Waals surface area contributed by atoms with E-state index < -0.39 is 12.0 Å². The van der Waals surface area contributed by atoms with Crippen molar-refractivity contribution in [1.29, 1.82) is 0 Å². The van der Waals surface area contributed by atoms with Gasteiger partial charge in [0.2, 0.25) is 5.82 Å². The standard InChI is InChI=1S/C15H13F3N6O/c1-2-25-9-19-23-12-11-8-20-24(10-6-4-3-5-7-10)13(11)22-14(21-12)15(16,17)18/h3-9H,2H2,1H3,(H,21,22,23)/b19-9+. The lowest BCUT2D eigenvalue weighted by Gasteiger charge is -2.09. The van der Waals surface area contributed by atoms with Crippen LogP contribution in [0.4, 0.5) is 19.0 Å². The molecule has 7 nitrogen and oxygen atoms in total. The Labute approximate surface area is 140 Å². The fourth-order valence-corrected chi connectivity index (χ4v) is 2.08. The van der Waals surface area contributed by atoms with Gasteiger partial charge in [-0.3, -0.25) is 5.43 Å². The van der Waals surface area contributed by atoms with Crippen LogP contribution in [-0.2, 0) is 10.9 Å². The molecule has 0 saturated heterocycles. The lowest BCUT2D eigenvalue weighted by molar-refractivity contribution is -0.144. The minimum absolute atomic E-state index is 0.0163. The molecular weight excluding hydrogens is 337 g/mol. The number of halogens is 3. The molecule has 2 aromatic heterocycles. The molecule has 1 N–H and O–H groups in total. The summed E-state index contributed by atoms with van der Waals surface area (Å²) in [6.45, 7) is 2.13. The molecule has 0 radical (unpaired) electrons. The van der Waals surface area contributed by atoms with Crippen molar-refractivity contribution >= 4 is 23.3 Å². The van der Waals surface area contributed by atoms with E-state index in [1.807, 2.05) is 0 Å². The van der Waals surface area contributed by atoms with Gasteiger partial charge in [0.1, 0.15) is 0 Å². The molecule has 10 heteroatoms. The lowest BCUT2D eigenvalue weighted by Crippen LogP contribution is -2.13. The number of aromatic nitrogens is 4. The van der Waals surface area contributed by atoms with E-state index in [1.165, 1.54) is 10.9 Å². The molecule has 0 bridgehead atoms. The molecule has 0 atom stereocenters. The fourth-order valence-electron chi connectivity index (χ4n) is 2.08. The van der Waals surface area contributed by atoms with Gasteiger partial charge >= 0.3 is 6.18 Å². The van der Waals surface area contributed by atoms with Crippen molar-refractivity contribution in [3.05, 3.63) is 42.4 Å². The Kier molecular flexibility index (Phi) is 4.50. The summed E-state index contributed by atoms with van der Waals surface area (Å²) in [6.07, 6.45) is -2.25. The zero-order valence-corrected chi connectivity index (χ0v) is 13.0. The summed E-state index contributed by atoms with van der Waals surface area (Å²) in [7, 11) is 0. The van der Waals surface area contributed by atoms with Gasteiger partial charge in [-0.2, -0.15) is 18.3 Å². The third-order valence-electron chi connectivity index (χ3n) is 3.15. The third kappa shape index (κ3) is 3.52. The van der Waals surface area contributed by atoms with Gasteiger partial charge in [0, 0.05) is 0 Å². The number of anilines is 1. The molecule has 0 unspecified atom stereocenters. The van der Waals surface area contributed by atoms with E-state index in [-0.39, 0.29) is 11.5 Å². The molecule has 130 valence electrons. The first-order valence-corrected chi connectivity index (χ1v) is 7.28. The number of hydrogen-bond donors (Lipinski definition) is 1. The van der Waals surface area contributed by atoms with Crippen LogP contribution in [0.1, 0.15) is 12.7 Å². The molecule has 0 spiro atoms. The maximum atomic E-state index is 13.1. The highest BCUT2D eigenvalue weighted by molar-refractivity contribution is 5.87. The summed E-state index contributed by atoms with van der Waals surface area (Å²) in [5, 5.41) is 8.11. The van der Waals surface area contributed by atoms with Gasteiger partial charge in [-0.1, -0.05) is 18.2 Å². The quantitative estimate of drug-likeness (QED) is 0.434. The number of hydrazone groups is 1. The van der Waals surface area contributed by atoms with Gasteiger partial charge in [-0.05, 0) is 19.1 Å². The van der Waals surface area contributed by atoms with Crippen LogP contribution >= 0.6 is 0 Å². The number of rotatable bonds is 5. The Morgan fingerprint density at radius 2 is 2.00 bits per heavy atom. The Hall–Kier alpha value is -3.17. The monoisotopic (exact) mass is 350 g/mol. The van der Waals surface area contributed by atoms with Crippen LogP contribution in [0.15, 0.2) is 41.6 Å². The largest absolute Gasteiger partial charge is 0.482 e. The number of benzene rings is 1. The van der Waals surface area contributed by atoms with E-state index in [4.69, 9.17) is 4.74 Å². The number of hydrogen-bond acceptors (Lipinski definition) is 6. The number of fused-ring (bicyclic) bond motifs is 1. The number of para-hydroxylation sites is 1. The normalized spacial score (nSPS) is 12.0. The number of alkyl halides is 3. The van der Waals surface area contributed by atoms with Gasteiger partial charge in [0.05, 0.1) is 23.9 Å². The van der Waals surface area contributed by atoms with E-state index in [9.17, 15) is 13.2 Å². The minimum Gasteiger partial charge on any atom is -0.482 e. The average molecular weight is 350 g/mol. The Bertz CT molecular complexity index is 891. The van der Waals surface area contributed by atoms with Crippen LogP contribution in [0.3, 0.4) is 0 Å². The van der Waals surface area contributed by atoms with Gasteiger partial charge in [0.15, 0.2) is 17.9 Å². The van der Waals surface area contributed by atoms with Crippen molar-refractivity contribution in [3.63, 3.8) is 0 Å². The molecule has 25 heavy (non-hydrogen) atoms. The van der Waals surface area contributed by atoms with E-state index in [0.29, 0.717) is 17.7 Å². The molecule has 3 aromatic rings. The third-order valence-corrected chi connectivity index (χ3v) is 3.15. The summed E-state index contributed by atoms with van der Waals surface area (Å²) in [5.41, 5.74) is 3.03. The predicted molar refractivity (Wildman–Crippen MR) is 85.4 cm³/mol. The zero-order chi connectivity index (χ0) is 17.9. The summed E-state index contributed by atoms with van der Waals surface area (Å²) >= 11 is 0. The first kappa shape index (κ1) is 16.7. The van der Waals surface area contributed by atoms with Crippen molar-refractivity contribution in [3.8, 4) is 5.69 Å². The number of nitrogens with one attached hydrogen (secondary N) is 1. The van der Waals surface area contributed by atoms with E-state index in [0.717, 1.165) is 6.40 Å². The van der Waals surface area contributed by atoms with Crippen LogP contribution < -0.4 is 5.43 Å². The topological polar surface area (TPSA) is 77.2 Å². The molecule has 2 heterocycles. The second kappa shape index (κ2) is 6.75. The lowest BCUT2D eigenvalue weighted by atomic mass is 10.3. The SMILES string of the molecule is CCO/C=N/Nc1nc(C(F)(F)F)nc2c1cnn2-c1ccccc1. The molecule has 0 saturated carbocycles. The minimum atomic E-state index is -4.71. The van der Waals surface area contributed by atoms with Crippen molar-refractivity contribution in [2.45, 2.75) is 13.1 Å². The molecule has 0 amide bonds. The predicted octanol–water partition coefficient (Wildman–Crippen LogP) is 3.23. The number of ether oxygens (including phenoxy) is 1. The van der Waals surface area contributed by atoms with Gasteiger partial charge in [0.25, 0.3) is 0 Å². The molecule has 1 aromatic carbocycles. The molecule has 0 aliphatic heterocycles. The van der Waals surface area contributed by atoms with Crippen molar-refractivity contribution < 1.29 is 17.9 Å². The number of nitrogens with zero attached hydrogens (tertiary/aromatic N) is 5. The Morgan fingerprint density at radius 1 is 1.24 bits per heavy atom. The van der Waals surface area contributed by atoms with E-state index >= 15 is 0 Å². The molecular formula is C15H13F3N6O. The summed E-state index contributed by atoms with van der Waals surface area (Å²) in [4.78, 5) is 7.14. The molecule has 3 rings (SSSR count). The van der Waals surface area contributed by atoms with Crippen LogP contribution in [0, 0.1) is 0 Å². The summed E-state index contributed by atoms with van der Waals surface area (Å²) < 4.78 is 45.6. The Balaban J connectivity index is 2.13. The fraction of sp³-hybridized carbons (Fsp3) is 0.200. The van der Waals surface area contributed by atoms with Crippen LogP contribution in [0.25, 0.3) is 16.7 Å². The van der Waals surface area contributed by atoms with Crippen LogP contribution in [0.5, 0.6) is 0 Å². The smallest absolute Gasteiger partial charge is 0.451 e. The first-order chi connectivity index (χ1) is 12.0. The summed E-state index contributed by atoms with van der Waals surface area (Å²) in [5.74, 6) is -1.40. The average Bonchev–Trinajstić information content (AvgIpc) is 3.03. The maximum absolute atomic E-state index is 13.1. The molecule has 0 fully saturated rings. The Morgan fingerprint density at radius 3 is 2.68 bits per heavy atom. The first-order valence-electron chi connectivity index (χ1n) is 7.28. The maximum Gasteiger partial charge on any atom is 0.451 e. The highest BCUT2D eigenvalue weighted by Gasteiger charge is 2.36. The summed E-state index contributed by atoms with van der Waals surface area (Å²) in [6, 6.07) is 8.71. The van der Waals surface area contributed by atoms with Crippen LogP contribution in [0.2, 0.25) is 0 Å². The van der Waals surface area contributed by atoms with E-state index in [2.05, 4.69) is 25.6 Å². The molecule has 0 aliphatic carbocycles. The van der Waals surface area contributed by atoms with Crippen molar-refractivity contribution in [2.24, 2.45) is 5.10 Å². The van der Waals surface area contributed by atoms with Gasteiger partial charge < -0.3 is 4.74 Å². The van der Waals surface area contributed by atoms with Gasteiger partial charge in [-0.15, -0.1) is 5.10 Å². The highest BCUT2D eigenvalue weighted by atomic mass is 19.4. The van der Waals surface area contributed by atoms with E-state index in [1.54, 1.807) is 37.3 Å². The van der Waals surface area contributed by atoms with Crippen LogP contribution in [-0.4, -0.2) is 32.8 Å². The highest BCUT2D eigenvalue weighted by Crippen LogP contribution is 2.31. The molecule has 0 aliphatic rings. The van der Waals surface area contributed by atoms with Crippen molar-refractivity contribution in [1.82, 2.24) is 19.7 Å². The zero-order valence-electron chi connectivity index (χ0n) is 13.0. The van der Waals surface area contributed by atoms with Crippen molar-refractivity contribution in [2.75, 3.05) is 12.0 Å².